The molecule has 0 saturated carbocycles. The molecule has 2 N–H and O–H groups in total. The molecule has 0 fully saturated rings. The van der Waals surface area contributed by atoms with Crippen LogP contribution in [0.3, 0.4) is 0 Å². The van der Waals surface area contributed by atoms with Crippen molar-refractivity contribution in [3.05, 3.63) is 72.3 Å². The Morgan fingerprint density at radius 2 is 1.81 bits per heavy atom. The standard InChI is InChI=1S/C19H18F2N2O3/c1-2-11-22-18(25)15-5-3-4-6-16(15)23-17(24)12-13-7-9-14(10-8-13)26-19(20)21/h2-10,19H,1,11-12H2,(H,22,25)(H,23,24). The lowest BCUT2D eigenvalue weighted by Gasteiger charge is -2.11. The van der Waals surface area contributed by atoms with Gasteiger partial charge in [0.2, 0.25) is 5.91 Å². The van der Waals surface area contributed by atoms with Gasteiger partial charge in [0.25, 0.3) is 5.91 Å². The third-order valence-electron chi connectivity index (χ3n) is 3.37. The van der Waals surface area contributed by atoms with Gasteiger partial charge < -0.3 is 15.4 Å². The maximum absolute atomic E-state index is 12.2. The van der Waals surface area contributed by atoms with Gasteiger partial charge >= 0.3 is 6.61 Å². The highest BCUT2D eigenvalue weighted by Gasteiger charge is 2.13. The van der Waals surface area contributed by atoms with E-state index in [0.717, 1.165) is 0 Å². The monoisotopic (exact) mass is 360 g/mol. The van der Waals surface area contributed by atoms with E-state index in [1.165, 1.54) is 24.3 Å². The summed E-state index contributed by atoms with van der Waals surface area (Å²) in [5.74, 6) is -0.640. The van der Waals surface area contributed by atoms with Crippen molar-refractivity contribution in [2.24, 2.45) is 0 Å². The molecule has 2 aromatic carbocycles. The van der Waals surface area contributed by atoms with E-state index in [-0.39, 0.29) is 24.0 Å². The van der Waals surface area contributed by atoms with E-state index in [1.54, 1.807) is 30.3 Å². The first-order valence-corrected chi connectivity index (χ1v) is 7.81. The van der Waals surface area contributed by atoms with Crippen LogP contribution < -0.4 is 15.4 Å². The number of rotatable bonds is 8. The molecule has 0 aliphatic rings. The fourth-order valence-electron chi connectivity index (χ4n) is 2.22. The number of carbonyl (C=O) groups is 2. The van der Waals surface area contributed by atoms with Crippen LogP contribution in [-0.2, 0) is 11.2 Å². The molecular formula is C19H18F2N2O3. The van der Waals surface area contributed by atoms with E-state index in [2.05, 4.69) is 21.9 Å². The van der Waals surface area contributed by atoms with Crippen LogP contribution in [0.4, 0.5) is 14.5 Å². The minimum Gasteiger partial charge on any atom is -0.435 e. The zero-order valence-electron chi connectivity index (χ0n) is 13.9. The molecule has 2 rings (SSSR count). The number of ether oxygens (including phenoxy) is 1. The van der Waals surface area contributed by atoms with Crippen LogP contribution in [0.25, 0.3) is 0 Å². The first-order valence-electron chi connectivity index (χ1n) is 7.81. The Bertz CT molecular complexity index is 777. The van der Waals surface area contributed by atoms with Gasteiger partial charge in [0.1, 0.15) is 5.75 Å². The molecule has 0 spiro atoms. The van der Waals surface area contributed by atoms with Crippen LogP contribution in [0, 0.1) is 0 Å². The normalized spacial score (nSPS) is 10.3. The number of para-hydroxylation sites is 1. The second-order valence-corrected chi connectivity index (χ2v) is 5.29. The van der Waals surface area contributed by atoms with Gasteiger partial charge in [-0.3, -0.25) is 9.59 Å². The molecule has 0 saturated heterocycles. The molecule has 7 heteroatoms. The highest BCUT2D eigenvalue weighted by atomic mass is 19.3. The summed E-state index contributed by atoms with van der Waals surface area (Å²) in [6, 6.07) is 12.4. The minimum absolute atomic E-state index is 0.0217. The highest BCUT2D eigenvalue weighted by molar-refractivity contribution is 6.04. The molecule has 136 valence electrons. The van der Waals surface area contributed by atoms with E-state index in [0.29, 0.717) is 23.4 Å². The van der Waals surface area contributed by atoms with Crippen molar-refractivity contribution >= 4 is 17.5 Å². The van der Waals surface area contributed by atoms with Crippen LogP contribution >= 0.6 is 0 Å². The zero-order chi connectivity index (χ0) is 18.9. The number of hydrogen-bond donors (Lipinski definition) is 2. The number of hydrogen-bond acceptors (Lipinski definition) is 3. The van der Waals surface area contributed by atoms with Gasteiger partial charge in [0.15, 0.2) is 0 Å². The Kier molecular flexibility index (Phi) is 6.84. The molecule has 0 aliphatic heterocycles. The summed E-state index contributed by atoms with van der Waals surface area (Å²) in [4.78, 5) is 24.3. The zero-order valence-corrected chi connectivity index (χ0v) is 13.9. The summed E-state index contributed by atoms with van der Waals surface area (Å²) in [7, 11) is 0. The Labute approximate surface area is 149 Å². The van der Waals surface area contributed by atoms with Gasteiger partial charge in [-0.2, -0.15) is 8.78 Å². The van der Waals surface area contributed by atoms with Crippen molar-refractivity contribution in [2.75, 3.05) is 11.9 Å². The smallest absolute Gasteiger partial charge is 0.387 e. The quantitative estimate of drug-likeness (QED) is 0.709. The van der Waals surface area contributed by atoms with E-state index in [4.69, 9.17) is 0 Å². The van der Waals surface area contributed by atoms with E-state index >= 15 is 0 Å². The van der Waals surface area contributed by atoms with Crippen molar-refractivity contribution in [3.63, 3.8) is 0 Å². The number of alkyl halides is 2. The van der Waals surface area contributed by atoms with E-state index in [1.807, 2.05) is 0 Å². The molecule has 2 aromatic rings. The lowest BCUT2D eigenvalue weighted by Crippen LogP contribution is -2.25. The maximum Gasteiger partial charge on any atom is 0.387 e. The lowest BCUT2D eigenvalue weighted by atomic mass is 10.1. The second-order valence-electron chi connectivity index (χ2n) is 5.29. The van der Waals surface area contributed by atoms with Gasteiger partial charge in [-0.05, 0) is 29.8 Å². The van der Waals surface area contributed by atoms with Gasteiger partial charge in [-0.1, -0.05) is 30.3 Å². The van der Waals surface area contributed by atoms with Crippen molar-refractivity contribution in [1.82, 2.24) is 5.32 Å². The Hall–Kier alpha value is -3.22. The Morgan fingerprint density at radius 3 is 2.46 bits per heavy atom. The Balaban J connectivity index is 2.01. The number of anilines is 1. The number of halogens is 2. The molecule has 2 amide bonds. The Morgan fingerprint density at radius 1 is 1.12 bits per heavy atom. The molecule has 0 aromatic heterocycles. The van der Waals surface area contributed by atoms with Crippen molar-refractivity contribution in [1.29, 1.82) is 0 Å². The third-order valence-corrected chi connectivity index (χ3v) is 3.37. The van der Waals surface area contributed by atoms with Crippen LogP contribution in [0.2, 0.25) is 0 Å². The van der Waals surface area contributed by atoms with Gasteiger partial charge in [0, 0.05) is 6.54 Å². The number of carbonyl (C=O) groups excluding carboxylic acids is 2. The van der Waals surface area contributed by atoms with Crippen LogP contribution in [0.1, 0.15) is 15.9 Å². The number of amides is 2. The van der Waals surface area contributed by atoms with Crippen molar-refractivity contribution in [2.45, 2.75) is 13.0 Å². The molecule has 0 bridgehead atoms. The minimum atomic E-state index is -2.90. The van der Waals surface area contributed by atoms with Gasteiger partial charge in [-0.15, -0.1) is 6.58 Å². The number of nitrogens with one attached hydrogen (secondary N) is 2. The molecule has 0 radical (unpaired) electrons. The average Bonchev–Trinajstić information content (AvgIpc) is 2.61. The maximum atomic E-state index is 12.2. The van der Waals surface area contributed by atoms with Crippen molar-refractivity contribution < 1.29 is 23.1 Å². The number of benzene rings is 2. The molecule has 0 aliphatic carbocycles. The molecule has 0 heterocycles. The molecule has 5 nitrogen and oxygen atoms in total. The molecule has 26 heavy (non-hydrogen) atoms. The fourth-order valence-corrected chi connectivity index (χ4v) is 2.22. The summed E-state index contributed by atoms with van der Waals surface area (Å²) in [6.45, 7) is 0.949. The summed E-state index contributed by atoms with van der Waals surface area (Å²) >= 11 is 0. The van der Waals surface area contributed by atoms with Gasteiger partial charge in [-0.25, -0.2) is 0 Å². The lowest BCUT2D eigenvalue weighted by molar-refractivity contribution is -0.115. The largest absolute Gasteiger partial charge is 0.435 e. The van der Waals surface area contributed by atoms with Crippen LogP contribution in [-0.4, -0.2) is 25.0 Å². The SMILES string of the molecule is C=CCNC(=O)c1ccccc1NC(=O)Cc1ccc(OC(F)F)cc1. The summed E-state index contributed by atoms with van der Waals surface area (Å²) in [6.07, 6.45) is 1.58. The van der Waals surface area contributed by atoms with Crippen LogP contribution in [0.5, 0.6) is 5.75 Å². The summed E-state index contributed by atoms with van der Waals surface area (Å²) in [5.41, 5.74) is 1.35. The summed E-state index contributed by atoms with van der Waals surface area (Å²) < 4.78 is 28.5. The van der Waals surface area contributed by atoms with Gasteiger partial charge in [0.05, 0.1) is 17.7 Å². The first kappa shape index (κ1) is 19.1. The average molecular weight is 360 g/mol. The molecule has 0 unspecified atom stereocenters. The topological polar surface area (TPSA) is 67.4 Å². The third kappa shape index (κ3) is 5.70. The second kappa shape index (κ2) is 9.31. The van der Waals surface area contributed by atoms with Crippen molar-refractivity contribution in [3.8, 4) is 5.75 Å². The first-order chi connectivity index (χ1) is 12.5. The van der Waals surface area contributed by atoms with E-state index in [9.17, 15) is 18.4 Å². The highest BCUT2D eigenvalue weighted by Crippen LogP contribution is 2.17. The van der Waals surface area contributed by atoms with E-state index < -0.39 is 6.61 Å². The predicted octanol–water partition coefficient (Wildman–Crippen LogP) is 3.39. The molecular weight excluding hydrogens is 342 g/mol. The predicted molar refractivity (Wildman–Crippen MR) is 94.4 cm³/mol. The fraction of sp³-hybridized carbons (Fsp3) is 0.158. The summed E-state index contributed by atoms with van der Waals surface area (Å²) in [5, 5.41) is 5.34. The molecule has 0 atom stereocenters. The van der Waals surface area contributed by atoms with Crippen LogP contribution in [0.15, 0.2) is 61.2 Å².